The van der Waals surface area contributed by atoms with Crippen molar-refractivity contribution in [1.29, 1.82) is 0 Å². The lowest BCUT2D eigenvalue weighted by Crippen LogP contribution is -2.47. The summed E-state index contributed by atoms with van der Waals surface area (Å²) in [5, 5.41) is 3.06. The maximum Gasteiger partial charge on any atom is 0.472 e. The predicted molar refractivity (Wildman–Crippen MR) is 314 cm³/mol. The van der Waals surface area contributed by atoms with E-state index in [0.717, 1.165) is 83.5 Å². The Hall–Kier alpha value is -2.03. The second-order valence-electron chi connectivity index (χ2n) is 22.2. The molecule has 0 bridgehead atoms. The first-order valence-corrected chi connectivity index (χ1v) is 32.5. The Bertz CT molecular complexity index is 1390. The Morgan fingerprint density at radius 3 is 1.32 bits per heavy atom. The van der Waals surface area contributed by atoms with Crippen LogP contribution in [0.3, 0.4) is 0 Å². The van der Waals surface area contributed by atoms with Crippen LogP contribution in [0.15, 0.2) is 48.6 Å². The van der Waals surface area contributed by atoms with E-state index in [1.807, 2.05) is 33.3 Å². The molecule has 428 valence electrons. The molecule has 0 aromatic carbocycles. The Balaban J connectivity index is 5.20. The highest BCUT2D eigenvalue weighted by molar-refractivity contribution is 7.47. The molecule has 10 heteroatoms. The Morgan fingerprint density at radius 1 is 0.493 bits per heavy atom. The molecule has 1 amide bonds. The van der Waals surface area contributed by atoms with E-state index in [2.05, 4.69) is 62.5 Å². The molecule has 0 heterocycles. The zero-order valence-electron chi connectivity index (χ0n) is 48.9. The largest absolute Gasteiger partial charge is 0.472 e. The van der Waals surface area contributed by atoms with Crippen LogP contribution in [0.1, 0.15) is 290 Å². The van der Waals surface area contributed by atoms with Crippen LogP contribution < -0.4 is 5.32 Å². The number of unbranched alkanes of at least 4 members (excludes halogenated alkanes) is 34. The number of esters is 1. The van der Waals surface area contributed by atoms with Crippen molar-refractivity contribution in [3.63, 3.8) is 0 Å². The van der Waals surface area contributed by atoms with Crippen molar-refractivity contribution in [2.45, 2.75) is 303 Å². The number of quaternary nitrogens is 1. The third-order valence-corrected chi connectivity index (χ3v) is 14.7. The second-order valence-corrected chi connectivity index (χ2v) is 23.6. The number of nitrogens with zero attached hydrogens (tertiary/aromatic N) is 1. The number of allylic oxidation sites excluding steroid dienone is 7. The van der Waals surface area contributed by atoms with Crippen molar-refractivity contribution in [1.82, 2.24) is 5.32 Å². The van der Waals surface area contributed by atoms with Gasteiger partial charge in [-0.1, -0.05) is 243 Å². The number of carbonyl (C=O) groups excluding carboxylic acids is 2. The summed E-state index contributed by atoms with van der Waals surface area (Å²) in [7, 11) is 1.50. The van der Waals surface area contributed by atoms with E-state index in [0.29, 0.717) is 17.4 Å². The van der Waals surface area contributed by atoms with E-state index in [1.54, 1.807) is 0 Å². The van der Waals surface area contributed by atoms with Crippen molar-refractivity contribution in [2.24, 2.45) is 0 Å². The van der Waals surface area contributed by atoms with Gasteiger partial charge in [0, 0.05) is 12.8 Å². The van der Waals surface area contributed by atoms with Gasteiger partial charge in [-0.15, -0.1) is 0 Å². The SMILES string of the molecule is CC/C=C/C/C=C/CCCCCCCCCC(=O)OC(/C=C\CCCCCCCCCCCC)C(COP(=O)(O)OCC[N+](C)(C)C)NC(=O)CCCCCCCCCCCCC/C=C/CCCCCCCC. The van der Waals surface area contributed by atoms with Crippen LogP contribution in [-0.2, 0) is 27.9 Å². The van der Waals surface area contributed by atoms with Crippen LogP contribution in [0.25, 0.3) is 0 Å². The van der Waals surface area contributed by atoms with Gasteiger partial charge in [0.15, 0.2) is 0 Å². The lowest BCUT2D eigenvalue weighted by atomic mass is 10.0. The topological polar surface area (TPSA) is 111 Å². The number of amides is 1. The molecule has 0 rings (SSSR count). The number of hydrogen-bond acceptors (Lipinski definition) is 6. The van der Waals surface area contributed by atoms with Crippen LogP contribution in [0.2, 0.25) is 0 Å². The maximum absolute atomic E-state index is 13.5. The highest BCUT2D eigenvalue weighted by Gasteiger charge is 2.30. The zero-order chi connectivity index (χ0) is 53.6. The summed E-state index contributed by atoms with van der Waals surface area (Å²) in [5.41, 5.74) is 0. The van der Waals surface area contributed by atoms with Gasteiger partial charge in [-0.05, 0) is 83.1 Å². The summed E-state index contributed by atoms with van der Waals surface area (Å²) in [6.45, 7) is 6.92. The number of phosphoric acid groups is 1. The number of hydrogen-bond donors (Lipinski definition) is 2. The minimum Gasteiger partial charge on any atom is -0.456 e. The van der Waals surface area contributed by atoms with Gasteiger partial charge in [0.2, 0.25) is 5.91 Å². The molecule has 2 N–H and O–H groups in total. The molecule has 73 heavy (non-hydrogen) atoms. The predicted octanol–water partition coefficient (Wildman–Crippen LogP) is 18.9. The molecule has 0 fully saturated rings. The monoisotopic (exact) mass is 1050 g/mol. The Morgan fingerprint density at radius 2 is 0.877 bits per heavy atom. The molecule has 0 aliphatic heterocycles. The van der Waals surface area contributed by atoms with E-state index in [-0.39, 0.29) is 31.5 Å². The number of likely N-dealkylation sites (N-methyl/N-ethyl adjacent to an activating group) is 1. The van der Waals surface area contributed by atoms with Gasteiger partial charge in [-0.25, -0.2) is 4.57 Å². The number of rotatable bonds is 56. The fourth-order valence-electron chi connectivity index (χ4n) is 8.97. The van der Waals surface area contributed by atoms with E-state index in [4.69, 9.17) is 13.8 Å². The molecule has 9 nitrogen and oxygen atoms in total. The standard InChI is InChI=1S/C63H119N2O7P/c1-7-10-13-16-19-22-25-28-30-31-32-33-34-35-36-37-40-43-46-49-52-55-62(66)64-60(59-71-73(68,69)70-58-57-65(4,5)6)61(54-51-48-45-42-39-27-24-21-18-15-12-9-3)72-63(67)56-53-50-47-44-41-38-29-26-23-20-17-14-11-8-2/h11,14,20,23,28,30,51,54,60-61H,7-10,12-13,15-19,21-22,24-27,29,31-50,52-53,55-59H2,1-6H3,(H-,64,66,68,69)/p+1/b14-11+,23-20+,30-28+,54-51-. The van der Waals surface area contributed by atoms with Gasteiger partial charge < -0.3 is 19.4 Å². The molecular formula is C63H120N2O7P+. The third-order valence-electron chi connectivity index (χ3n) is 13.8. The van der Waals surface area contributed by atoms with E-state index in [1.165, 1.54) is 173 Å². The van der Waals surface area contributed by atoms with Gasteiger partial charge in [-0.2, -0.15) is 0 Å². The average Bonchev–Trinajstić information content (AvgIpc) is 3.35. The van der Waals surface area contributed by atoms with E-state index < -0.39 is 20.0 Å². The van der Waals surface area contributed by atoms with Crippen molar-refractivity contribution in [2.75, 3.05) is 40.9 Å². The first-order valence-electron chi connectivity index (χ1n) is 31.0. The first kappa shape index (κ1) is 71.0. The number of ether oxygens (including phenoxy) is 1. The molecule has 0 aromatic heterocycles. The zero-order valence-corrected chi connectivity index (χ0v) is 49.8. The Labute approximate surface area is 452 Å². The lowest BCUT2D eigenvalue weighted by molar-refractivity contribution is -0.870. The second kappa shape index (κ2) is 53.4. The quantitative estimate of drug-likeness (QED) is 0.0205. The van der Waals surface area contributed by atoms with Gasteiger partial charge in [0.1, 0.15) is 19.3 Å². The molecule has 3 unspecified atom stereocenters. The fraction of sp³-hybridized carbons (Fsp3) is 0.841. The molecule has 3 atom stereocenters. The van der Waals surface area contributed by atoms with Crippen molar-refractivity contribution < 1.29 is 37.3 Å². The van der Waals surface area contributed by atoms with E-state index in [9.17, 15) is 19.0 Å². The lowest BCUT2D eigenvalue weighted by Gasteiger charge is -2.27. The molecule has 0 aliphatic rings. The molecule has 0 radical (unpaired) electrons. The summed E-state index contributed by atoms with van der Waals surface area (Å²) in [6.07, 6.45) is 65.4. The number of nitrogens with one attached hydrogen (secondary N) is 1. The fourth-order valence-corrected chi connectivity index (χ4v) is 9.71. The molecule has 0 spiro atoms. The highest BCUT2D eigenvalue weighted by Crippen LogP contribution is 2.43. The average molecular weight is 1050 g/mol. The van der Waals surface area contributed by atoms with E-state index >= 15 is 0 Å². The molecular weight excluding hydrogens is 928 g/mol. The van der Waals surface area contributed by atoms with Crippen molar-refractivity contribution in [3.05, 3.63) is 48.6 Å². The highest BCUT2D eigenvalue weighted by atomic mass is 31.2. The number of phosphoric ester groups is 1. The van der Waals surface area contributed by atoms with Crippen LogP contribution in [0.5, 0.6) is 0 Å². The van der Waals surface area contributed by atoms with Crippen LogP contribution in [-0.4, -0.2) is 74.3 Å². The summed E-state index contributed by atoms with van der Waals surface area (Å²) in [4.78, 5) is 37.7. The molecule has 0 saturated heterocycles. The number of carbonyl (C=O) groups is 2. The minimum absolute atomic E-state index is 0.0392. The van der Waals surface area contributed by atoms with Crippen LogP contribution in [0, 0.1) is 0 Å². The Kier molecular flexibility index (Phi) is 51.9. The molecule has 0 aliphatic carbocycles. The van der Waals surface area contributed by atoms with Crippen LogP contribution >= 0.6 is 7.82 Å². The summed E-state index contributed by atoms with van der Waals surface area (Å²) >= 11 is 0. The van der Waals surface area contributed by atoms with Gasteiger partial charge in [-0.3, -0.25) is 18.6 Å². The molecule has 0 saturated carbocycles. The van der Waals surface area contributed by atoms with Gasteiger partial charge in [0.05, 0.1) is 33.8 Å². The van der Waals surface area contributed by atoms with Gasteiger partial charge >= 0.3 is 13.8 Å². The first-order chi connectivity index (χ1) is 35.4. The minimum atomic E-state index is -4.45. The van der Waals surface area contributed by atoms with Crippen molar-refractivity contribution in [3.8, 4) is 0 Å². The van der Waals surface area contributed by atoms with Crippen LogP contribution in [0.4, 0.5) is 0 Å². The van der Waals surface area contributed by atoms with Gasteiger partial charge in [0.25, 0.3) is 0 Å². The smallest absolute Gasteiger partial charge is 0.456 e. The summed E-state index contributed by atoms with van der Waals surface area (Å²) in [6, 6.07) is -0.850. The third kappa shape index (κ3) is 54.6. The summed E-state index contributed by atoms with van der Waals surface area (Å²) in [5.74, 6) is -0.508. The normalized spacial score (nSPS) is 14.0. The summed E-state index contributed by atoms with van der Waals surface area (Å²) < 4.78 is 30.7. The van der Waals surface area contributed by atoms with Crippen molar-refractivity contribution >= 4 is 19.7 Å². The molecule has 0 aromatic rings. The maximum atomic E-state index is 13.5.